The number of fused-ring (bicyclic) bond motifs is 6. The van der Waals surface area contributed by atoms with Gasteiger partial charge in [-0.3, -0.25) is 4.57 Å². The SMILES string of the molecule is c1ccc(-c2ccc(-c3nc(-c4ccccc4)nc(-n4c5ccccc5c5cc(-c6cc(-c7ccccc7)c7oc8c(-c9ccccc9)cccc8c7c6)ccc54)n3)cc2)cc1. The number of hydrogen-bond acceptors (Lipinski definition) is 4. The van der Waals surface area contributed by atoms with Gasteiger partial charge < -0.3 is 4.42 Å². The van der Waals surface area contributed by atoms with E-state index in [1.54, 1.807) is 0 Å². The summed E-state index contributed by atoms with van der Waals surface area (Å²) in [4.78, 5) is 15.5. The summed E-state index contributed by atoms with van der Waals surface area (Å²) in [6, 6.07) is 76.3. The standard InChI is InChI=1S/C57H36N4O/c1-5-16-37(17-6-1)38-28-30-42(31-29-38)56-58-55(41-22-11-4-12-23-41)59-57(60-56)61-51-27-14-13-24-46(51)49-34-43(32-33-52(49)61)44-35-48(40-20-9-3-10-21-40)54-50(36-44)47-26-15-25-45(53(47)62-54)39-18-7-2-8-19-39/h1-36H. The molecule has 0 saturated heterocycles. The van der Waals surface area contributed by atoms with E-state index in [0.29, 0.717) is 17.6 Å². The molecule has 0 aliphatic carbocycles. The lowest BCUT2D eigenvalue weighted by Gasteiger charge is -2.12. The smallest absolute Gasteiger partial charge is 0.238 e. The van der Waals surface area contributed by atoms with Crippen molar-refractivity contribution in [2.45, 2.75) is 0 Å². The minimum atomic E-state index is 0.562. The lowest BCUT2D eigenvalue weighted by molar-refractivity contribution is 0.671. The van der Waals surface area contributed by atoms with Crippen LogP contribution in [0.2, 0.25) is 0 Å². The Morgan fingerprint density at radius 1 is 0.290 bits per heavy atom. The van der Waals surface area contributed by atoms with Crippen LogP contribution in [0.3, 0.4) is 0 Å². The van der Waals surface area contributed by atoms with Crippen LogP contribution < -0.4 is 0 Å². The maximum absolute atomic E-state index is 6.88. The number of hydrogen-bond donors (Lipinski definition) is 0. The van der Waals surface area contributed by atoms with Crippen molar-refractivity contribution in [1.29, 1.82) is 0 Å². The molecule has 0 amide bonds. The largest absolute Gasteiger partial charge is 0.455 e. The Hall–Kier alpha value is -8.41. The monoisotopic (exact) mass is 792 g/mol. The molecule has 0 N–H and O–H groups in total. The van der Waals surface area contributed by atoms with E-state index in [0.717, 1.165) is 99.4 Å². The van der Waals surface area contributed by atoms with Crippen molar-refractivity contribution >= 4 is 43.7 Å². The summed E-state index contributed by atoms with van der Waals surface area (Å²) in [5, 5.41) is 4.40. The van der Waals surface area contributed by atoms with E-state index in [-0.39, 0.29) is 0 Å². The van der Waals surface area contributed by atoms with E-state index < -0.39 is 0 Å². The third-order valence-electron chi connectivity index (χ3n) is 11.9. The zero-order chi connectivity index (χ0) is 41.0. The van der Waals surface area contributed by atoms with Crippen molar-refractivity contribution in [3.8, 4) is 73.2 Å². The van der Waals surface area contributed by atoms with E-state index in [9.17, 15) is 0 Å². The minimum Gasteiger partial charge on any atom is -0.455 e. The zero-order valence-corrected chi connectivity index (χ0v) is 33.5. The fourth-order valence-corrected chi connectivity index (χ4v) is 8.86. The van der Waals surface area contributed by atoms with Crippen molar-refractivity contribution in [3.63, 3.8) is 0 Å². The molecule has 3 heterocycles. The molecule has 5 heteroatoms. The van der Waals surface area contributed by atoms with Crippen LogP contribution in [0, 0.1) is 0 Å². The molecule has 0 atom stereocenters. The van der Waals surface area contributed by atoms with Gasteiger partial charge in [-0.1, -0.05) is 188 Å². The molecule has 0 saturated carbocycles. The molecule has 3 aromatic heterocycles. The molecule has 0 aliphatic heterocycles. The van der Waals surface area contributed by atoms with E-state index in [1.165, 1.54) is 0 Å². The zero-order valence-electron chi connectivity index (χ0n) is 33.5. The second kappa shape index (κ2) is 14.7. The Morgan fingerprint density at radius 3 is 1.47 bits per heavy atom. The van der Waals surface area contributed by atoms with Crippen LogP contribution in [0.15, 0.2) is 223 Å². The van der Waals surface area contributed by atoms with Crippen LogP contribution in [0.5, 0.6) is 0 Å². The fourth-order valence-electron chi connectivity index (χ4n) is 8.86. The average molecular weight is 793 g/mol. The topological polar surface area (TPSA) is 56.7 Å². The van der Waals surface area contributed by atoms with E-state index >= 15 is 0 Å². The Balaban J connectivity index is 1.04. The number of rotatable bonds is 7. The van der Waals surface area contributed by atoms with Gasteiger partial charge in [0.05, 0.1) is 11.0 Å². The Morgan fingerprint density at radius 2 is 0.774 bits per heavy atom. The lowest BCUT2D eigenvalue weighted by atomic mass is 9.94. The van der Waals surface area contributed by atoms with Crippen molar-refractivity contribution in [2.24, 2.45) is 0 Å². The van der Waals surface area contributed by atoms with Crippen molar-refractivity contribution in [2.75, 3.05) is 0 Å². The molecule has 0 unspecified atom stereocenters. The predicted molar refractivity (Wildman–Crippen MR) is 254 cm³/mol. The molecule has 0 spiro atoms. The summed E-state index contributed by atoms with van der Waals surface area (Å²) >= 11 is 0. The third kappa shape index (κ3) is 6.06. The molecule has 12 aromatic rings. The maximum atomic E-state index is 6.88. The molecule has 0 aliphatic rings. The van der Waals surface area contributed by atoms with Gasteiger partial charge in [0.15, 0.2) is 11.6 Å². The number of benzene rings is 9. The Kier molecular flexibility index (Phi) is 8.42. The summed E-state index contributed by atoms with van der Waals surface area (Å²) in [7, 11) is 0. The van der Waals surface area contributed by atoms with Gasteiger partial charge >= 0.3 is 0 Å². The molecular weight excluding hydrogens is 757 g/mol. The van der Waals surface area contributed by atoms with Crippen molar-refractivity contribution in [3.05, 3.63) is 218 Å². The highest BCUT2D eigenvalue weighted by Crippen LogP contribution is 2.43. The molecule has 290 valence electrons. The van der Waals surface area contributed by atoms with Crippen LogP contribution in [-0.4, -0.2) is 19.5 Å². The van der Waals surface area contributed by atoms with E-state index in [1.807, 2.05) is 42.5 Å². The highest BCUT2D eigenvalue weighted by molar-refractivity contribution is 6.15. The van der Waals surface area contributed by atoms with Crippen LogP contribution in [0.4, 0.5) is 0 Å². The van der Waals surface area contributed by atoms with Gasteiger partial charge in [0.25, 0.3) is 0 Å². The molecule has 0 radical (unpaired) electrons. The number of aromatic nitrogens is 4. The van der Waals surface area contributed by atoms with Crippen LogP contribution in [0.1, 0.15) is 0 Å². The molecule has 9 aromatic carbocycles. The van der Waals surface area contributed by atoms with Gasteiger partial charge in [-0.25, -0.2) is 4.98 Å². The second-order valence-corrected chi connectivity index (χ2v) is 15.6. The normalized spacial score (nSPS) is 11.5. The molecule has 62 heavy (non-hydrogen) atoms. The first kappa shape index (κ1) is 35.5. The van der Waals surface area contributed by atoms with E-state index in [2.05, 4.69) is 180 Å². The maximum Gasteiger partial charge on any atom is 0.238 e. The van der Waals surface area contributed by atoms with Gasteiger partial charge in [-0.05, 0) is 63.7 Å². The van der Waals surface area contributed by atoms with Gasteiger partial charge in [0.2, 0.25) is 5.95 Å². The summed E-state index contributed by atoms with van der Waals surface area (Å²) in [6.45, 7) is 0. The highest BCUT2D eigenvalue weighted by Gasteiger charge is 2.21. The average Bonchev–Trinajstić information content (AvgIpc) is 3.90. The van der Waals surface area contributed by atoms with Gasteiger partial charge in [-0.15, -0.1) is 0 Å². The Labute approximate surface area is 357 Å². The summed E-state index contributed by atoms with van der Waals surface area (Å²) < 4.78 is 9.06. The third-order valence-corrected chi connectivity index (χ3v) is 11.9. The first-order valence-corrected chi connectivity index (χ1v) is 20.8. The van der Waals surface area contributed by atoms with Crippen LogP contribution in [-0.2, 0) is 0 Å². The summed E-state index contributed by atoms with van der Waals surface area (Å²) in [6.07, 6.45) is 0. The molecule has 0 bridgehead atoms. The van der Waals surface area contributed by atoms with Gasteiger partial charge in [0, 0.05) is 43.8 Å². The molecule has 12 rings (SSSR count). The molecular formula is C57H36N4O. The van der Waals surface area contributed by atoms with E-state index in [4.69, 9.17) is 19.4 Å². The Bertz CT molecular complexity index is 3600. The summed E-state index contributed by atoms with van der Waals surface area (Å²) in [5.41, 5.74) is 14.5. The highest BCUT2D eigenvalue weighted by atomic mass is 16.3. The predicted octanol–water partition coefficient (Wildman–Crippen LogP) is 14.9. The first-order valence-electron chi connectivity index (χ1n) is 20.8. The number of nitrogens with zero attached hydrogens (tertiary/aromatic N) is 4. The van der Waals surface area contributed by atoms with Gasteiger partial charge in [0.1, 0.15) is 11.2 Å². The number of furan rings is 1. The van der Waals surface area contributed by atoms with Crippen molar-refractivity contribution < 1.29 is 4.42 Å². The molecule has 0 fully saturated rings. The summed E-state index contributed by atoms with van der Waals surface area (Å²) in [5.74, 6) is 1.79. The fraction of sp³-hybridized carbons (Fsp3) is 0. The number of para-hydroxylation sites is 2. The minimum absolute atomic E-state index is 0.562. The quantitative estimate of drug-likeness (QED) is 0.161. The molecule has 5 nitrogen and oxygen atoms in total. The van der Waals surface area contributed by atoms with Gasteiger partial charge in [-0.2, -0.15) is 9.97 Å². The van der Waals surface area contributed by atoms with Crippen LogP contribution in [0.25, 0.3) is 117 Å². The second-order valence-electron chi connectivity index (χ2n) is 15.6. The first-order chi connectivity index (χ1) is 30.7. The lowest BCUT2D eigenvalue weighted by Crippen LogP contribution is -2.06. The van der Waals surface area contributed by atoms with Crippen molar-refractivity contribution in [1.82, 2.24) is 19.5 Å². The van der Waals surface area contributed by atoms with Crippen LogP contribution >= 0.6 is 0 Å².